The van der Waals surface area contributed by atoms with E-state index in [1.807, 2.05) is 0 Å². The van der Waals surface area contributed by atoms with Gasteiger partial charge < -0.3 is 24.8 Å². The molecule has 0 saturated carbocycles. The quantitative estimate of drug-likeness (QED) is 0.372. The molecule has 1 fully saturated rings. The molecule has 158 valence electrons. The van der Waals surface area contributed by atoms with Crippen LogP contribution in [-0.4, -0.2) is 56.4 Å². The summed E-state index contributed by atoms with van der Waals surface area (Å²) in [5.41, 5.74) is 2.47. The van der Waals surface area contributed by atoms with Crippen LogP contribution < -0.4 is 20.8 Å². The molecule has 1 aromatic rings. The minimum Gasteiger partial charge on any atom is -0.497 e. The van der Waals surface area contributed by atoms with E-state index in [0.29, 0.717) is 30.2 Å². The Bertz CT molecular complexity index is 754. The second kappa shape index (κ2) is 10.8. The first-order valence-electron chi connectivity index (χ1n) is 9.32. The summed E-state index contributed by atoms with van der Waals surface area (Å²) in [7, 11) is 1.52. The fraction of sp³-hybridized carbons (Fsp3) is 0.421. The third kappa shape index (κ3) is 5.77. The topological polar surface area (TPSA) is 118 Å². The van der Waals surface area contributed by atoms with Crippen LogP contribution in [-0.2, 0) is 9.47 Å². The van der Waals surface area contributed by atoms with Crippen molar-refractivity contribution >= 4 is 18.0 Å². The Labute approximate surface area is 169 Å². The molecular formula is C19H26N4O6. The molecule has 10 nitrogen and oxygen atoms in total. The predicted octanol–water partition coefficient (Wildman–Crippen LogP) is 1.75. The number of rotatable bonds is 6. The van der Waals surface area contributed by atoms with Gasteiger partial charge in [0.05, 0.1) is 20.3 Å². The number of hydrogen-bond donors (Lipinski definition) is 3. The molecular weight excluding hydrogens is 380 g/mol. The van der Waals surface area contributed by atoms with Gasteiger partial charge in [-0.05, 0) is 44.5 Å². The van der Waals surface area contributed by atoms with Crippen LogP contribution in [0, 0.1) is 0 Å². The van der Waals surface area contributed by atoms with Crippen LogP contribution in [0.2, 0.25) is 0 Å². The summed E-state index contributed by atoms with van der Waals surface area (Å²) in [5.74, 6) is 0.382. The van der Waals surface area contributed by atoms with Gasteiger partial charge in [-0.25, -0.2) is 15.0 Å². The van der Waals surface area contributed by atoms with Crippen molar-refractivity contribution in [1.82, 2.24) is 21.1 Å². The van der Waals surface area contributed by atoms with Crippen LogP contribution in [0.15, 0.2) is 35.8 Å². The molecule has 1 aromatic carbocycles. The maximum atomic E-state index is 13.3. The van der Waals surface area contributed by atoms with E-state index >= 15 is 0 Å². The fourth-order valence-electron chi connectivity index (χ4n) is 2.59. The van der Waals surface area contributed by atoms with Gasteiger partial charge in [0.1, 0.15) is 11.6 Å². The first-order valence-corrected chi connectivity index (χ1v) is 9.32. The monoisotopic (exact) mass is 406 g/mol. The highest BCUT2D eigenvalue weighted by atomic mass is 16.6. The van der Waals surface area contributed by atoms with Gasteiger partial charge in [0, 0.05) is 18.7 Å². The lowest BCUT2D eigenvalue weighted by atomic mass is 10.1. The summed E-state index contributed by atoms with van der Waals surface area (Å²) >= 11 is 0. The molecule has 10 heteroatoms. The normalized spacial score (nSPS) is 12.7. The lowest BCUT2D eigenvalue weighted by molar-refractivity contribution is 0.0776. The van der Waals surface area contributed by atoms with Crippen molar-refractivity contribution in [1.29, 1.82) is 0 Å². The fourth-order valence-corrected chi connectivity index (χ4v) is 2.59. The molecule has 1 aliphatic heterocycles. The third-order valence-corrected chi connectivity index (χ3v) is 3.91. The largest absolute Gasteiger partial charge is 0.497 e. The highest BCUT2D eigenvalue weighted by molar-refractivity contribution is 6.10. The molecule has 3 N–H and O–H groups in total. The van der Waals surface area contributed by atoms with Gasteiger partial charge in [0.15, 0.2) is 5.70 Å². The molecule has 1 heterocycles. The van der Waals surface area contributed by atoms with Crippen LogP contribution in [0.3, 0.4) is 0 Å². The highest BCUT2D eigenvalue weighted by Gasteiger charge is 2.32. The minimum atomic E-state index is -0.918. The standard InChI is InChI=1S/C19H26N4O6/c1-4-28-18(25)22-23(19(26)29-5-2)15(17-20-11-6-12-21-17)16(24)13-7-9-14(27-3)10-8-13/h7-10,20-21H,4-6,11-12H2,1-3H3,(H,22,25). The summed E-state index contributed by atoms with van der Waals surface area (Å²) in [6, 6.07) is 6.39. The van der Waals surface area contributed by atoms with Crippen LogP contribution >= 0.6 is 0 Å². The lowest BCUT2D eigenvalue weighted by Crippen LogP contribution is -2.51. The van der Waals surface area contributed by atoms with Gasteiger partial charge >= 0.3 is 12.2 Å². The molecule has 1 saturated heterocycles. The zero-order valence-electron chi connectivity index (χ0n) is 16.7. The third-order valence-electron chi connectivity index (χ3n) is 3.91. The number of ether oxygens (including phenoxy) is 3. The minimum absolute atomic E-state index is 0.0556. The first-order chi connectivity index (χ1) is 14.0. The molecule has 0 radical (unpaired) electrons. The van der Waals surface area contributed by atoms with E-state index in [0.717, 1.165) is 11.4 Å². The average Bonchev–Trinajstić information content (AvgIpc) is 2.74. The number of Topliss-reactive ketones (excluding diaryl/α,β-unsaturated/α-hetero) is 1. The summed E-state index contributed by atoms with van der Waals surface area (Å²) in [6.45, 7) is 4.59. The molecule has 29 heavy (non-hydrogen) atoms. The molecule has 2 amide bonds. The smallest absolute Gasteiger partial charge is 0.433 e. The van der Waals surface area contributed by atoms with Gasteiger partial charge in [-0.2, -0.15) is 5.01 Å². The number of hydrogen-bond acceptors (Lipinski definition) is 8. The number of methoxy groups -OCH3 is 1. The van der Waals surface area contributed by atoms with Gasteiger partial charge in [-0.1, -0.05) is 0 Å². The molecule has 0 aliphatic carbocycles. The van der Waals surface area contributed by atoms with Crippen LogP contribution in [0.1, 0.15) is 30.6 Å². The summed E-state index contributed by atoms with van der Waals surface area (Å²) in [6.07, 6.45) is -0.978. The number of carbonyl (C=O) groups is 3. The van der Waals surface area contributed by atoms with Crippen molar-refractivity contribution in [2.75, 3.05) is 33.4 Å². The van der Waals surface area contributed by atoms with E-state index in [4.69, 9.17) is 14.2 Å². The number of carbonyl (C=O) groups excluding carboxylic acids is 3. The molecule has 0 aromatic heterocycles. The van der Waals surface area contributed by atoms with E-state index in [1.165, 1.54) is 7.11 Å². The van der Waals surface area contributed by atoms with E-state index in [2.05, 4.69) is 16.1 Å². The van der Waals surface area contributed by atoms with Gasteiger partial charge in [0.2, 0.25) is 5.78 Å². The SMILES string of the molecule is CCOC(=O)NN(C(=O)OCC)C(C(=O)c1ccc(OC)cc1)=C1NCCCN1. The Morgan fingerprint density at radius 3 is 2.21 bits per heavy atom. The number of benzene rings is 1. The highest BCUT2D eigenvalue weighted by Crippen LogP contribution is 2.19. The van der Waals surface area contributed by atoms with E-state index in [9.17, 15) is 14.4 Å². The number of hydrazine groups is 1. The molecule has 2 rings (SSSR count). The number of amides is 2. The zero-order chi connectivity index (χ0) is 21.2. The Hall–Kier alpha value is -3.43. The van der Waals surface area contributed by atoms with Crippen molar-refractivity contribution in [3.63, 3.8) is 0 Å². The first kappa shape index (κ1) is 21.9. The van der Waals surface area contributed by atoms with E-state index < -0.39 is 18.0 Å². The second-order valence-corrected chi connectivity index (χ2v) is 5.85. The number of nitrogens with zero attached hydrogens (tertiary/aromatic N) is 1. The molecule has 0 bridgehead atoms. The Morgan fingerprint density at radius 1 is 1.03 bits per heavy atom. The van der Waals surface area contributed by atoms with Crippen LogP contribution in [0.25, 0.3) is 0 Å². The number of allylic oxidation sites excluding steroid dienone is 1. The zero-order valence-corrected chi connectivity index (χ0v) is 16.7. The van der Waals surface area contributed by atoms with Gasteiger partial charge in [-0.3, -0.25) is 4.79 Å². The molecule has 1 aliphatic rings. The Morgan fingerprint density at radius 2 is 1.66 bits per heavy atom. The number of ketones is 1. The van der Waals surface area contributed by atoms with Crippen molar-refractivity contribution < 1.29 is 28.6 Å². The van der Waals surface area contributed by atoms with Crippen molar-refractivity contribution in [3.05, 3.63) is 41.3 Å². The molecule has 0 spiro atoms. The second-order valence-electron chi connectivity index (χ2n) is 5.85. The van der Waals surface area contributed by atoms with E-state index in [-0.39, 0.29) is 18.9 Å². The van der Waals surface area contributed by atoms with E-state index in [1.54, 1.807) is 38.1 Å². The van der Waals surface area contributed by atoms with Crippen LogP contribution in [0.5, 0.6) is 5.75 Å². The Kier molecular flexibility index (Phi) is 8.13. The number of nitrogens with one attached hydrogen (secondary N) is 3. The summed E-state index contributed by atoms with van der Waals surface area (Å²) in [4.78, 5) is 37.9. The Balaban J connectivity index is 2.48. The van der Waals surface area contributed by atoms with Crippen molar-refractivity contribution in [2.24, 2.45) is 0 Å². The lowest BCUT2D eigenvalue weighted by Gasteiger charge is -2.28. The van der Waals surface area contributed by atoms with Crippen molar-refractivity contribution in [2.45, 2.75) is 20.3 Å². The summed E-state index contributed by atoms with van der Waals surface area (Å²) in [5, 5.41) is 6.87. The molecule has 0 unspecified atom stereocenters. The average molecular weight is 406 g/mol. The van der Waals surface area contributed by atoms with Gasteiger partial charge in [-0.15, -0.1) is 0 Å². The maximum Gasteiger partial charge on any atom is 0.433 e. The molecule has 0 atom stereocenters. The van der Waals surface area contributed by atoms with Crippen LogP contribution in [0.4, 0.5) is 9.59 Å². The summed E-state index contributed by atoms with van der Waals surface area (Å²) < 4.78 is 15.0. The predicted molar refractivity (Wildman–Crippen MR) is 104 cm³/mol. The maximum absolute atomic E-state index is 13.3. The van der Waals surface area contributed by atoms with Crippen molar-refractivity contribution in [3.8, 4) is 5.75 Å². The van der Waals surface area contributed by atoms with Gasteiger partial charge in [0.25, 0.3) is 0 Å².